The van der Waals surface area contributed by atoms with Gasteiger partial charge >= 0.3 is 0 Å². The van der Waals surface area contributed by atoms with Crippen LogP contribution >= 0.6 is 11.3 Å². The highest BCUT2D eigenvalue weighted by atomic mass is 32.1. The van der Waals surface area contributed by atoms with Gasteiger partial charge in [0.25, 0.3) is 5.91 Å². The SMILES string of the molecule is CC(C)CN(CC(=O)N1CCc2sccc2[C@@H]1COc1ccc(C(C)C)cc1)C(=O)c1ccccc1F. The predicted octanol–water partition coefficient (Wildman–Crippen LogP) is 6.31. The second kappa shape index (κ2) is 11.9. The van der Waals surface area contributed by atoms with Crippen LogP contribution in [-0.2, 0) is 11.2 Å². The second-order valence-electron chi connectivity index (χ2n) is 10.2. The van der Waals surface area contributed by atoms with Crippen molar-refractivity contribution in [3.05, 3.63) is 87.4 Å². The van der Waals surface area contributed by atoms with Crippen molar-refractivity contribution >= 4 is 23.2 Å². The first-order chi connectivity index (χ1) is 17.7. The first-order valence-corrected chi connectivity index (χ1v) is 13.7. The van der Waals surface area contributed by atoms with E-state index in [4.69, 9.17) is 4.74 Å². The Bertz CT molecular complexity index is 1220. The summed E-state index contributed by atoms with van der Waals surface area (Å²) >= 11 is 1.70. The molecule has 1 atom stereocenters. The molecule has 0 bridgehead atoms. The molecule has 0 spiro atoms. The number of hydrogen-bond donors (Lipinski definition) is 0. The van der Waals surface area contributed by atoms with Gasteiger partial charge in [-0.2, -0.15) is 0 Å². The molecule has 1 aliphatic heterocycles. The van der Waals surface area contributed by atoms with Crippen LogP contribution in [0.4, 0.5) is 4.39 Å². The fourth-order valence-corrected chi connectivity index (χ4v) is 5.65. The zero-order valence-electron chi connectivity index (χ0n) is 21.9. The van der Waals surface area contributed by atoms with Crippen LogP contribution in [0.15, 0.2) is 60.0 Å². The summed E-state index contributed by atoms with van der Waals surface area (Å²) in [6.07, 6.45) is 0.768. The van der Waals surface area contributed by atoms with E-state index in [9.17, 15) is 14.0 Å². The third-order valence-electron chi connectivity index (χ3n) is 6.67. The number of rotatable bonds is 9. The number of hydrogen-bond acceptors (Lipinski definition) is 4. The molecule has 4 rings (SSSR count). The Balaban J connectivity index is 1.53. The largest absolute Gasteiger partial charge is 0.491 e. The smallest absolute Gasteiger partial charge is 0.257 e. The number of carbonyl (C=O) groups is 2. The first-order valence-electron chi connectivity index (χ1n) is 12.9. The summed E-state index contributed by atoms with van der Waals surface area (Å²) in [6, 6.07) is 15.8. The Morgan fingerprint density at radius 3 is 2.49 bits per heavy atom. The van der Waals surface area contributed by atoms with E-state index < -0.39 is 11.7 Å². The lowest BCUT2D eigenvalue weighted by molar-refractivity contribution is -0.135. The van der Waals surface area contributed by atoms with E-state index in [1.165, 1.54) is 27.5 Å². The van der Waals surface area contributed by atoms with Gasteiger partial charge < -0.3 is 14.5 Å². The Morgan fingerprint density at radius 2 is 1.81 bits per heavy atom. The van der Waals surface area contributed by atoms with Gasteiger partial charge in [0.15, 0.2) is 0 Å². The van der Waals surface area contributed by atoms with Gasteiger partial charge in [-0.3, -0.25) is 9.59 Å². The minimum Gasteiger partial charge on any atom is -0.491 e. The predicted molar refractivity (Wildman–Crippen MR) is 146 cm³/mol. The van der Waals surface area contributed by atoms with Crippen LogP contribution in [-0.4, -0.2) is 47.9 Å². The summed E-state index contributed by atoms with van der Waals surface area (Å²) in [4.78, 5) is 31.5. The number of nitrogens with zero attached hydrogens (tertiary/aromatic N) is 2. The van der Waals surface area contributed by atoms with Crippen LogP contribution in [0, 0.1) is 11.7 Å². The normalized spacial score (nSPS) is 15.1. The Kier molecular flexibility index (Phi) is 8.64. The van der Waals surface area contributed by atoms with Crippen LogP contribution in [0.2, 0.25) is 0 Å². The summed E-state index contributed by atoms with van der Waals surface area (Å²) in [5.41, 5.74) is 2.32. The summed E-state index contributed by atoms with van der Waals surface area (Å²) < 4.78 is 20.6. The molecule has 37 heavy (non-hydrogen) atoms. The van der Waals surface area contributed by atoms with Crippen molar-refractivity contribution in [1.82, 2.24) is 9.80 Å². The van der Waals surface area contributed by atoms with Gasteiger partial charge in [-0.25, -0.2) is 4.39 Å². The lowest BCUT2D eigenvalue weighted by atomic mass is 10.00. The molecule has 0 unspecified atom stereocenters. The molecule has 2 aromatic carbocycles. The van der Waals surface area contributed by atoms with E-state index >= 15 is 0 Å². The van der Waals surface area contributed by atoms with Gasteiger partial charge in [-0.1, -0.05) is 52.0 Å². The molecule has 2 amide bonds. The summed E-state index contributed by atoms with van der Waals surface area (Å²) in [6.45, 7) is 9.39. The van der Waals surface area contributed by atoms with Crippen LogP contribution in [0.1, 0.15) is 66.0 Å². The Labute approximate surface area is 222 Å². The van der Waals surface area contributed by atoms with Gasteiger partial charge in [-0.05, 0) is 65.1 Å². The van der Waals surface area contributed by atoms with E-state index in [1.54, 1.807) is 23.5 Å². The zero-order valence-corrected chi connectivity index (χ0v) is 22.8. The molecule has 0 N–H and O–H groups in total. The minimum absolute atomic E-state index is 0.0144. The van der Waals surface area contributed by atoms with Gasteiger partial charge in [0, 0.05) is 18.0 Å². The van der Waals surface area contributed by atoms with E-state index in [0.717, 1.165) is 17.7 Å². The summed E-state index contributed by atoms with van der Waals surface area (Å²) in [5.74, 6) is 0.119. The number of ether oxygens (including phenoxy) is 1. The number of carbonyl (C=O) groups excluding carboxylic acids is 2. The highest BCUT2D eigenvalue weighted by Crippen LogP contribution is 2.34. The van der Waals surface area contributed by atoms with E-state index in [-0.39, 0.29) is 30.0 Å². The number of amides is 2. The Hall–Kier alpha value is -3.19. The molecule has 3 aromatic rings. The molecule has 0 fully saturated rings. The Morgan fingerprint density at radius 1 is 1.08 bits per heavy atom. The van der Waals surface area contributed by atoms with Crippen LogP contribution in [0.25, 0.3) is 0 Å². The molecular formula is C30H35FN2O3S. The van der Waals surface area contributed by atoms with Gasteiger partial charge in [-0.15, -0.1) is 11.3 Å². The number of fused-ring (bicyclic) bond motifs is 1. The molecule has 0 radical (unpaired) electrons. The molecule has 0 aliphatic carbocycles. The van der Waals surface area contributed by atoms with Gasteiger partial charge in [0.2, 0.25) is 5.91 Å². The van der Waals surface area contributed by atoms with E-state index in [1.807, 2.05) is 30.9 Å². The van der Waals surface area contributed by atoms with Crippen molar-refractivity contribution in [2.75, 3.05) is 26.2 Å². The highest BCUT2D eigenvalue weighted by molar-refractivity contribution is 7.10. The maximum Gasteiger partial charge on any atom is 0.257 e. The topological polar surface area (TPSA) is 49.9 Å². The second-order valence-corrected chi connectivity index (χ2v) is 11.2. The molecule has 2 heterocycles. The number of benzene rings is 2. The highest BCUT2D eigenvalue weighted by Gasteiger charge is 2.34. The standard InChI is InChI=1S/C30H35FN2O3S/c1-20(2)17-32(30(35)24-7-5-6-8-26(24)31)18-29(34)33-15-13-28-25(14-16-37-28)27(33)19-36-23-11-9-22(10-12-23)21(3)4/h5-12,14,16,20-21,27H,13,15,17-19H2,1-4H3/t27-/m0/s1. The third-order valence-corrected chi connectivity index (χ3v) is 7.67. The van der Waals surface area contributed by atoms with Crippen molar-refractivity contribution in [2.24, 2.45) is 5.92 Å². The van der Waals surface area contributed by atoms with Crippen LogP contribution in [0.5, 0.6) is 5.75 Å². The van der Waals surface area contributed by atoms with Gasteiger partial charge in [0.1, 0.15) is 24.7 Å². The molecule has 5 nitrogen and oxygen atoms in total. The molecule has 7 heteroatoms. The average Bonchev–Trinajstić information content (AvgIpc) is 3.36. The average molecular weight is 523 g/mol. The molecule has 1 aliphatic rings. The first kappa shape index (κ1) is 26.9. The zero-order chi connectivity index (χ0) is 26.5. The fraction of sp³-hybridized carbons (Fsp3) is 0.400. The monoisotopic (exact) mass is 522 g/mol. The third kappa shape index (κ3) is 6.39. The van der Waals surface area contributed by atoms with E-state index in [0.29, 0.717) is 25.6 Å². The van der Waals surface area contributed by atoms with Crippen molar-refractivity contribution in [1.29, 1.82) is 0 Å². The quantitative estimate of drug-likeness (QED) is 0.331. The lowest BCUT2D eigenvalue weighted by Gasteiger charge is -2.37. The molecule has 0 saturated heterocycles. The summed E-state index contributed by atoms with van der Waals surface area (Å²) in [7, 11) is 0. The maximum atomic E-state index is 14.4. The van der Waals surface area contributed by atoms with Crippen molar-refractivity contribution in [2.45, 2.75) is 46.1 Å². The molecule has 196 valence electrons. The minimum atomic E-state index is -0.579. The number of halogens is 1. The van der Waals surface area contributed by atoms with Crippen molar-refractivity contribution < 1.29 is 18.7 Å². The summed E-state index contributed by atoms with van der Waals surface area (Å²) in [5, 5.41) is 2.05. The molecule has 0 saturated carbocycles. The van der Waals surface area contributed by atoms with E-state index in [2.05, 4.69) is 37.4 Å². The molecule has 1 aromatic heterocycles. The van der Waals surface area contributed by atoms with Crippen molar-refractivity contribution in [3.8, 4) is 5.75 Å². The van der Waals surface area contributed by atoms with Crippen LogP contribution < -0.4 is 4.74 Å². The van der Waals surface area contributed by atoms with Crippen molar-refractivity contribution in [3.63, 3.8) is 0 Å². The van der Waals surface area contributed by atoms with Gasteiger partial charge in [0.05, 0.1) is 11.6 Å². The van der Waals surface area contributed by atoms with Crippen LogP contribution in [0.3, 0.4) is 0 Å². The molecular weight excluding hydrogens is 487 g/mol. The lowest BCUT2D eigenvalue weighted by Crippen LogP contribution is -2.48. The fourth-order valence-electron chi connectivity index (χ4n) is 4.72. The number of thiophene rings is 1. The maximum absolute atomic E-state index is 14.4.